The molecular weight excluding hydrogens is 202 g/mol. The molecule has 0 saturated heterocycles. The molecule has 0 amide bonds. The van der Waals surface area contributed by atoms with Crippen LogP contribution in [0.4, 0.5) is 0 Å². The summed E-state index contributed by atoms with van der Waals surface area (Å²) in [6.07, 6.45) is 1.53. The highest BCUT2D eigenvalue weighted by Crippen LogP contribution is 2.15. The number of pyridine rings is 1. The van der Waals surface area contributed by atoms with Crippen LogP contribution >= 0.6 is 0 Å². The average Bonchev–Trinajstić information content (AvgIpc) is 2.59. The summed E-state index contributed by atoms with van der Waals surface area (Å²) >= 11 is 0. The largest absolute Gasteiger partial charge is 0.252 e. The van der Waals surface area contributed by atoms with Crippen molar-refractivity contribution in [3.63, 3.8) is 0 Å². The normalized spacial score (nSPS) is 10.1. The maximum atomic E-state index is 8.79. The van der Waals surface area contributed by atoms with E-state index in [2.05, 4.69) is 28.1 Å². The van der Waals surface area contributed by atoms with E-state index in [-0.39, 0.29) is 0 Å². The zero-order valence-electron chi connectivity index (χ0n) is 9.10. The first-order chi connectivity index (χ1) is 7.61. The highest BCUT2D eigenvalue weighted by Gasteiger charge is 2.09. The van der Waals surface area contributed by atoms with Gasteiger partial charge in [0.1, 0.15) is 17.6 Å². The van der Waals surface area contributed by atoms with Crippen molar-refractivity contribution in [3.05, 3.63) is 36.1 Å². The van der Waals surface area contributed by atoms with Gasteiger partial charge >= 0.3 is 0 Å². The van der Waals surface area contributed by atoms with Crippen LogP contribution in [0.2, 0.25) is 0 Å². The van der Waals surface area contributed by atoms with Crippen LogP contribution in [0, 0.1) is 25.2 Å². The summed E-state index contributed by atoms with van der Waals surface area (Å²) in [5, 5.41) is 13.0. The minimum absolute atomic E-state index is 0.528. The molecule has 0 atom stereocenters. The number of aryl methyl sites for hydroxylation is 2. The smallest absolute Gasteiger partial charge is 0.200 e. The van der Waals surface area contributed by atoms with Crippen molar-refractivity contribution in [1.82, 2.24) is 19.7 Å². The number of hydrogen-bond acceptors (Lipinski definition) is 4. The molecule has 2 rings (SSSR count). The molecule has 2 aromatic heterocycles. The summed E-state index contributed by atoms with van der Waals surface area (Å²) in [7, 11) is 1.77. The maximum absolute atomic E-state index is 8.79. The molecule has 0 aromatic carbocycles. The lowest BCUT2D eigenvalue weighted by atomic mass is 10.1. The topological polar surface area (TPSA) is 67.4 Å². The van der Waals surface area contributed by atoms with Gasteiger partial charge in [0.15, 0.2) is 5.82 Å². The van der Waals surface area contributed by atoms with Gasteiger partial charge in [0.05, 0.1) is 5.56 Å². The Labute approximate surface area is 93.4 Å². The van der Waals surface area contributed by atoms with Crippen molar-refractivity contribution in [2.24, 2.45) is 7.05 Å². The molecule has 0 N–H and O–H groups in total. The van der Waals surface area contributed by atoms with Gasteiger partial charge in [0.2, 0.25) is 0 Å². The van der Waals surface area contributed by atoms with Crippen LogP contribution in [0.1, 0.15) is 17.0 Å². The summed E-state index contributed by atoms with van der Waals surface area (Å²) in [5.41, 5.74) is 2.09. The molecule has 0 bridgehead atoms. The van der Waals surface area contributed by atoms with E-state index in [1.54, 1.807) is 17.8 Å². The van der Waals surface area contributed by atoms with Gasteiger partial charge in [0, 0.05) is 20.2 Å². The van der Waals surface area contributed by atoms with E-state index >= 15 is 0 Å². The van der Waals surface area contributed by atoms with Crippen molar-refractivity contribution in [2.75, 3.05) is 0 Å². The Bertz CT molecular complexity index is 557. The second-order valence-electron chi connectivity index (χ2n) is 3.47. The van der Waals surface area contributed by atoms with Crippen LogP contribution in [0.3, 0.4) is 0 Å². The summed E-state index contributed by atoms with van der Waals surface area (Å²) in [5.74, 6) is 1.11. The van der Waals surface area contributed by atoms with Crippen LogP contribution < -0.4 is 0 Å². The van der Waals surface area contributed by atoms with Crippen molar-refractivity contribution in [1.29, 1.82) is 5.26 Å². The molecule has 2 aromatic rings. The third kappa shape index (κ3) is 1.65. The second kappa shape index (κ2) is 3.74. The molecule has 16 heavy (non-hydrogen) atoms. The fourth-order valence-corrected chi connectivity index (χ4v) is 1.32. The van der Waals surface area contributed by atoms with E-state index in [1.165, 1.54) is 6.20 Å². The van der Waals surface area contributed by atoms with Gasteiger partial charge < -0.3 is 0 Å². The summed E-state index contributed by atoms with van der Waals surface area (Å²) in [4.78, 5) is 8.32. The predicted molar refractivity (Wildman–Crippen MR) is 58.1 cm³/mol. The predicted octanol–water partition coefficient (Wildman–Crippen LogP) is 1.24. The lowest BCUT2D eigenvalue weighted by molar-refractivity contribution is 0.751. The summed E-state index contributed by atoms with van der Waals surface area (Å²) in [6.45, 7) is 5.59. The maximum Gasteiger partial charge on any atom is 0.200 e. The molecule has 5 heteroatoms. The average molecular weight is 212 g/mol. The quantitative estimate of drug-likeness (QED) is 0.713. The van der Waals surface area contributed by atoms with Crippen LogP contribution in [0.15, 0.2) is 12.3 Å². The lowest BCUT2D eigenvalue weighted by Gasteiger charge is -1.98. The van der Waals surface area contributed by atoms with Crippen LogP contribution in [0.25, 0.3) is 11.5 Å². The zero-order valence-corrected chi connectivity index (χ0v) is 9.10. The number of nitriles is 1. The fraction of sp³-hybridized carbons (Fsp3) is 0.182. The van der Waals surface area contributed by atoms with Crippen LogP contribution in [-0.4, -0.2) is 19.7 Å². The van der Waals surface area contributed by atoms with Gasteiger partial charge in [-0.2, -0.15) is 5.26 Å². The molecular formula is C11H10N5. The summed E-state index contributed by atoms with van der Waals surface area (Å²) < 4.78 is 1.59. The van der Waals surface area contributed by atoms with Gasteiger partial charge in [-0.05, 0) is 18.6 Å². The third-order valence-corrected chi connectivity index (χ3v) is 2.31. The van der Waals surface area contributed by atoms with Crippen molar-refractivity contribution in [2.45, 2.75) is 6.92 Å². The van der Waals surface area contributed by atoms with Gasteiger partial charge in [-0.3, -0.25) is 9.67 Å². The monoisotopic (exact) mass is 212 g/mol. The first-order valence-corrected chi connectivity index (χ1v) is 4.72. The molecule has 0 aliphatic rings. The molecule has 2 heterocycles. The van der Waals surface area contributed by atoms with E-state index in [0.29, 0.717) is 22.9 Å². The molecule has 79 valence electrons. The lowest BCUT2D eigenvalue weighted by Crippen LogP contribution is -1.93. The Morgan fingerprint density at radius 1 is 1.50 bits per heavy atom. The van der Waals surface area contributed by atoms with Crippen molar-refractivity contribution < 1.29 is 0 Å². The standard InChI is InChI=1S/C11H10N5/c1-7-4-10(13-6-9(7)5-12)11-14-8(2)16(3)15-11/h4,6H,2H2,1,3H3. The highest BCUT2D eigenvalue weighted by atomic mass is 15.3. The molecule has 0 spiro atoms. The molecule has 0 aliphatic carbocycles. The molecule has 5 nitrogen and oxygen atoms in total. The summed E-state index contributed by atoms with van der Waals surface area (Å²) in [6, 6.07) is 3.87. The van der Waals surface area contributed by atoms with Gasteiger partial charge in [-0.1, -0.05) is 0 Å². The number of hydrogen-bond donors (Lipinski definition) is 0. The Balaban J connectivity index is 2.50. The Kier molecular flexibility index (Phi) is 2.41. The molecule has 1 radical (unpaired) electrons. The van der Waals surface area contributed by atoms with E-state index in [1.807, 2.05) is 6.92 Å². The van der Waals surface area contributed by atoms with Crippen molar-refractivity contribution in [3.8, 4) is 17.6 Å². The number of aromatic nitrogens is 4. The van der Waals surface area contributed by atoms with Crippen molar-refractivity contribution >= 4 is 0 Å². The Morgan fingerprint density at radius 3 is 2.75 bits per heavy atom. The fourth-order valence-electron chi connectivity index (χ4n) is 1.32. The van der Waals surface area contributed by atoms with Gasteiger partial charge in [0.25, 0.3) is 0 Å². The van der Waals surface area contributed by atoms with E-state index in [4.69, 9.17) is 5.26 Å². The zero-order chi connectivity index (χ0) is 11.7. The van der Waals surface area contributed by atoms with E-state index in [9.17, 15) is 0 Å². The van der Waals surface area contributed by atoms with Crippen LogP contribution in [-0.2, 0) is 7.05 Å². The van der Waals surface area contributed by atoms with E-state index in [0.717, 1.165) is 5.56 Å². The van der Waals surface area contributed by atoms with Gasteiger partial charge in [-0.25, -0.2) is 4.98 Å². The highest BCUT2D eigenvalue weighted by molar-refractivity contribution is 5.52. The first kappa shape index (κ1) is 10.3. The third-order valence-electron chi connectivity index (χ3n) is 2.31. The first-order valence-electron chi connectivity index (χ1n) is 4.72. The molecule has 0 fully saturated rings. The molecule has 0 unspecified atom stereocenters. The molecule has 0 saturated carbocycles. The van der Waals surface area contributed by atoms with E-state index < -0.39 is 0 Å². The molecule has 0 aliphatic heterocycles. The minimum atomic E-state index is 0.528. The second-order valence-corrected chi connectivity index (χ2v) is 3.47. The minimum Gasteiger partial charge on any atom is -0.252 e. The SMILES string of the molecule is [CH2]c1nc(-c2cc(C)c(C#N)cn2)nn1C. The van der Waals surface area contributed by atoms with Crippen LogP contribution in [0.5, 0.6) is 0 Å². The Hall–Kier alpha value is -2.22. The number of rotatable bonds is 1. The Morgan fingerprint density at radius 2 is 2.25 bits per heavy atom. The number of nitrogens with zero attached hydrogens (tertiary/aromatic N) is 5. The van der Waals surface area contributed by atoms with Gasteiger partial charge in [-0.15, -0.1) is 5.10 Å².